The minimum absolute atomic E-state index is 0.0384. The molecule has 370 valence electrons. The van der Waals surface area contributed by atoms with Gasteiger partial charge in [-0.2, -0.15) is 0 Å². The quantitative estimate of drug-likeness (QED) is 0.207. The first-order valence-corrected chi connectivity index (χ1v) is 24.2. The monoisotopic (exact) mass is 915 g/mol. The molecule has 1 spiro atoms. The summed E-state index contributed by atoms with van der Waals surface area (Å²) in [5.74, 6) is -8.05. The predicted octanol–water partition coefficient (Wildman–Crippen LogP) is 5.59. The van der Waals surface area contributed by atoms with Gasteiger partial charge in [-0.25, -0.2) is 0 Å². The normalized spacial score (nSPS) is 54.1. The molecule has 0 radical (unpaired) electrons. The molecule has 7 rings (SSSR count). The van der Waals surface area contributed by atoms with Crippen molar-refractivity contribution in [2.45, 2.75) is 235 Å². The fourth-order valence-corrected chi connectivity index (χ4v) is 13.3. The van der Waals surface area contributed by atoms with E-state index in [-0.39, 0.29) is 78.9 Å². The zero-order chi connectivity index (χ0) is 46.9. The summed E-state index contributed by atoms with van der Waals surface area (Å²) in [5.41, 5.74) is -2.16. The molecular weight excluding hydrogens is 833 g/mol. The summed E-state index contributed by atoms with van der Waals surface area (Å²) in [7, 11) is 6.61. The molecular formula is C48H82O16. The van der Waals surface area contributed by atoms with Gasteiger partial charge in [-0.1, -0.05) is 34.6 Å². The number of aliphatic carboxylic acids is 1. The highest BCUT2D eigenvalue weighted by atomic mass is 16.8. The molecule has 3 N–H and O–H groups in total. The Morgan fingerprint density at radius 3 is 1.97 bits per heavy atom. The first-order valence-electron chi connectivity index (χ1n) is 24.2. The van der Waals surface area contributed by atoms with Gasteiger partial charge in [-0.3, -0.25) is 4.79 Å². The molecule has 64 heavy (non-hydrogen) atoms. The van der Waals surface area contributed by atoms with Gasteiger partial charge in [0.25, 0.3) is 0 Å². The van der Waals surface area contributed by atoms with Gasteiger partial charge >= 0.3 is 5.97 Å². The van der Waals surface area contributed by atoms with Crippen molar-refractivity contribution >= 4 is 5.97 Å². The van der Waals surface area contributed by atoms with Gasteiger partial charge in [0.15, 0.2) is 23.7 Å². The van der Waals surface area contributed by atoms with Crippen LogP contribution in [0.1, 0.15) is 127 Å². The highest BCUT2D eigenvalue weighted by molar-refractivity contribution is 5.70. The number of aliphatic hydroxyl groups is 2. The summed E-state index contributed by atoms with van der Waals surface area (Å²) in [4.78, 5) is 12.5. The van der Waals surface area contributed by atoms with E-state index in [1.54, 1.807) is 42.3 Å². The first-order chi connectivity index (χ1) is 30.0. The Labute approximate surface area is 381 Å². The minimum atomic E-state index is -2.11. The standard InChI is InChI=1S/C48H82O16/c1-24-21-25(2)46(10,51)63-40(24)35-16-15-33(58-35)34-17-19-37(59-34)45(9)42(56-14)28(5)48(64-45)26(3)36(54-12)22-31(60-48)23-38-44(8,62-39-20-18-32(53-11)30(7)57-39)41(55-13)27(4)47(52,61-38)29(6)43(49)50/h24-42,51-52H,15-23H2,1-14H3,(H,49,50)/t24-,25+,26+,27+,28+,29-,30+,31-,32-,33+,34-,35+,36+,37?,38-,39-,40?,41-,42+,44-,45+,46-,47-,48-/m0/s1. The fraction of sp³-hybridized carbons (Fsp3) is 0.979. The van der Waals surface area contributed by atoms with Gasteiger partial charge in [0.05, 0.1) is 73.2 Å². The second-order valence-electron chi connectivity index (χ2n) is 21.3. The van der Waals surface area contributed by atoms with Crippen molar-refractivity contribution < 1.29 is 77.0 Å². The van der Waals surface area contributed by atoms with Crippen molar-refractivity contribution in [3.8, 4) is 0 Å². The molecule has 16 heteroatoms. The maximum absolute atomic E-state index is 12.5. The number of methoxy groups -OCH3 is 4. The predicted molar refractivity (Wildman–Crippen MR) is 231 cm³/mol. The molecule has 0 aromatic rings. The number of carboxylic acid groups (broad SMARTS) is 1. The Morgan fingerprint density at radius 1 is 0.703 bits per heavy atom. The molecule has 0 saturated carbocycles. The molecule has 0 aromatic heterocycles. The highest BCUT2D eigenvalue weighted by Gasteiger charge is 2.70. The van der Waals surface area contributed by atoms with Crippen molar-refractivity contribution in [3.63, 3.8) is 0 Å². The van der Waals surface area contributed by atoms with Crippen LogP contribution in [0.15, 0.2) is 0 Å². The number of carbonyl (C=O) groups is 1. The SMILES string of the molecule is CO[C@H]1CC[C@H](O[C@@]2(C)[C@H](C[C@@H]3C[C@@H](OC)[C@@H](C)[C@]4(O3)O[C@](C)(C3CC[C@@H]([C@H]5CC[C@H](C6O[C@](C)(O)[C@H](C)C[C@@H]6C)O5)O3)[C@H](OC)[C@H]4C)O[C@](O)([C@@H](C)C(=O)O)[C@H](C)[C@@H]2OC)O[C@@H]1C. The number of carboxylic acids is 1. The van der Waals surface area contributed by atoms with Crippen LogP contribution in [0.25, 0.3) is 0 Å². The van der Waals surface area contributed by atoms with Crippen LogP contribution in [0, 0.1) is 35.5 Å². The maximum atomic E-state index is 12.5. The van der Waals surface area contributed by atoms with Crippen LogP contribution in [0.4, 0.5) is 0 Å². The number of hydrogen-bond donors (Lipinski definition) is 3. The van der Waals surface area contributed by atoms with Gasteiger partial charge in [0.2, 0.25) is 0 Å². The molecule has 7 aliphatic rings. The Hall–Kier alpha value is -1.09. The summed E-state index contributed by atoms with van der Waals surface area (Å²) < 4.78 is 79.0. The summed E-state index contributed by atoms with van der Waals surface area (Å²) in [6.45, 7) is 19.2. The zero-order valence-electron chi connectivity index (χ0n) is 41.0. The van der Waals surface area contributed by atoms with Crippen molar-refractivity contribution in [1.29, 1.82) is 0 Å². The molecule has 7 fully saturated rings. The van der Waals surface area contributed by atoms with E-state index in [1.807, 2.05) is 20.8 Å². The van der Waals surface area contributed by atoms with E-state index >= 15 is 0 Å². The maximum Gasteiger partial charge on any atom is 0.311 e. The second-order valence-corrected chi connectivity index (χ2v) is 21.3. The Bertz CT molecular complexity index is 1600. The summed E-state index contributed by atoms with van der Waals surface area (Å²) in [6, 6.07) is 0. The van der Waals surface area contributed by atoms with Crippen molar-refractivity contribution in [3.05, 3.63) is 0 Å². The lowest BCUT2D eigenvalue weighted by atomic mass is 9.71. The average molecular weight is 915 g/mol. The topological polar surface area (TPSA) is 189 Å². The van der Waals surface area contributed by atoms with Crippen LogP contribution >= 0.6 is 0 Å². The van der Waals surface area contributed by atoms with E-state index in [0.29, 0.717) is 19.3 Å². The summed E-state index contributed by atoms with van der Waals surface area (Å²) >= 11 is 0. The summed E-state index contributed by atoms with van der Waals surface area (Å²) in [6.07, 6.45) is 1.06. The van der Waals surface area contributed by atoms with E-state index in [0.717, 1.165) is 32.1 Å². The van der Waals surface area contributed by atoms with E-state index < -0.39 is 77.1 Å². The zero-order valence-corrected chi connectivity index (χ0v) is 41.0. The smallest absolute Gasteiger partial charge is 0.311 e. The fourth-order valence-electron chi connectivity index (χ4n) is 13.3. The molecule has 0 aromatic carbocycles. The molecule has 24 atom stereocenters. The van der Waals surface area contributed by atoms with Crippen LogP contribution in [0.3, 0.4) is 0 Å². The van der Waals surface area contributed by atoms with Crippen LogP contribution in [-0.2, 0) is 61.6 Å². The van der Waals surface area contributed by atoms with E-state index in [1.165, 1.54) is 6.92 Å². The average Bonchev–Trinajstić information content (AvgIpc) is 3.98. The van der Waals surface area contributed by atoms with Crippen molar-refractivity contribution in [2.75, 3.05) is 28.4 Å². The van der Waals surface area contributed by atoms with E-state index in [9.17, 15) is 20.1 Å². The summed E-state index contributed by atoms with van der Waals surface area (Å²) in [5, 5.41) is 33.5. The van der Waals surface area contributed by atoms with Crippen LogP contribution in [0.5, 0.6) is 0 Å². The molecule has 7 aliphatic heterocycles. The lowest BCUT2D eigenvalue weighted by molar-refractivity contribution is -0.403. The largest absolute Gasteiger partial charge is 0.481 e. The second kappa shape index (κ2) is 19.0. The highest BCUT2D eigenvalue weighted by Crippen LogP contribution is 2.57. The molecule has 0 aliphatic carbocycles. The van der Waals surface area contributed by atoms with E-state index in [2.05, 4.69) is 27.7 Å². The van der Waals surface area contributed by atoms with Crippen molar-refractivity contribution in [1.82, 2.24) is 0 Å². The number of hydrogen-bond acceptors (Lipinski definition) is 15. The van der Waals surface area contributed by atoms with Crippen LogP contribution in [-0.4, -0.2) is 158 Å². The number of ether oxygens (including phenoxy) is 12. The lowest BCUT2D eigenvalue weighted by Gasteiger charge is -2.58. The van der Waals surface area contributed by atoms with E-state index in [4.69, 9.17) is 56.8 Å². The molecule has 7 saturated heterocycles. The van der Waals surface area contributed by atoms with Gasteiger partial charge < -0.3 is 72.2 Å². The van der Waals surface area contributed by atoms with Crippen LogP contribution < -0.4 is 0 Å². The molecule has 7 heterocycles. The molecule has 2 unspecified atom stereocenters. The number of rotatable bonds is 13. The molecule has 0 bridgehead atoms. The molecule has 16 nitrogen and oxygen atoms in total. The first kappa shape index (κ1) is 50.8. The lowest BCUT2D eigenvalue weighted by Crippen LogP contribution is -2.71. The van der Waals surface area contributed by atoms with Gasteiger partial charge in [-0.15, -0.1) is 0 Å². The van der Waals surface area contributed by atoms with Gasteiger partial charge in [-0.05, 0) is 79.1 Å². The van der Waals surface area contributed by atoms with Crippen LogP contribution in [0.2, 0.25) is 0 Å². The van der Waals surface area contributed by atoms with Gasteiger partial charge in [0, 0.05) is 71.4 Å². The third kappa shape index (κ3) is 8.77. The van der Waals surface area contributed by atoms with Crippen molar-refractivity contribution in [2.24, 2.45) is 35.5 Å². The third-order valence-corrected chi connectivity index (χ3v) is 17.4. The Balaban J connectivity index is 1.13. The Kier molecular flexibility index (Phi) is 15.1. The Morgan fingerprint density at radius 2 is 1.34 bits per heavy atom. The third-order valence-electron chi connectivity index (χ3n) is 17.4. The van der Waals surface area contributed by atoms with Gasteiger partial charge in [0.1, 0.15) is 17.1 Å². The molecule has 0 amide bonds. The minimum Gasteiger partial charge on any atom is -0.481 e.